The lowest BCUT2D eigenvalue weighted by Gasteiger charge is -2.15. The number of hydrogen-bond acceptors (Lipinski definition) is 1. The Morgan fingerprint density at radius 3 is 2.28 bits per heavy atom. The van der Waals surface area contributed by atoms with Crippen LogP contribution < -0.4 is 0 Å². The van der Waals surface area contributed by atoms with Gasteiger partial charge in [0.05, 0.1) is 0 Å². The van der Waals surface area contributed by atoms with Gasteiger partial charge in [-0.05, 0) is 48.4 Å². The summed E-state index contributed by atoms with van der Waals surface area (Å²) in [6.45, 7) is 1.89. The summed E-state index contributed by atoms with van der Waals surface area (Å²) in [5, 5.41) is 10.3. The summed E-state index contributed by atoms with van der Waals surface area (Å²) in [4.78, 5) is 0. The molecule has 0 fully saturated rings. The molecule has 0 aliphatic rings. The van der Waals surface area contributed by atoms with E-state index >= 15 is 0 Å². The fourth-order valence-electron chi connectivity index (χ4n) is 1.84. The predicted octanol–water partition coefficient (Wildman–Crippen LogP) is 4.74. The van der Waals surface area contributed by atoms with Crippen molar-refractivity contribution < 1.29 is 9.50 Å². The molecule has 0 aliphatic carbocycles. The van der Waals surface area contributed by atoms with Crippen molar-refractivity contribution in [2.45, 2.75) is 13.0 Å². The van der Waals surface area contributed by atoms with Crippen LogP contribution in [0.4, 0.5) is 4.39 Å². The zero-order chi connectivity index (χ0) is 13.3. The van der Waals surface area contributed by atoms with Crippen molar-refractivity contribution in [3.63, 3.8) is 0 Å². The topological polar surface area (TPSA) is 20.2 Å². The first kappa shape index (κ1) is 13.7. The highest BCUT2D eigenvalue weighted by Gasteiger charge is 2.17. The lowest BCUT2D eigenvalue weighted by atomic mass is 9.97. The maximum absolute atomic E-state index is 13.7. The number of aliphatic hydroxyl groups excluding tert-OH is 1. The molecule has 0 saturated heterocycles. The molecule has 1 unspecified atom stereocenters. The molecule has 18 heavy (non-hydrogen) atoms. The molecule has 94 valence electrons. The van der Waals surface area contributed by atoms with Crippen molar-refractivity contribution in [2.75, 3.05) is 0 Å². The Balaban J connectivity index is 2.47. The van der Waals surface area contributed by atoms with Crippen LogP contribution in [0.25, 0.3) is 0 Å². The van der Waals surface area contributed by atoms with Crippen LogP contribution >= 0.6 is 31.9 Å². The molecule has 0 aromatic heterocycles. The van der Waals surface area contributed by atoms with E-state index in [9.17, 15) is 9.50 Å². The Morgan fingerprint density at radius 1 is 1.00 bits per heavy atom. The molecule has 0 heterocycles. The molecule has 1 N–H and O–H groups in total. The van der Waals surface area contributed by atoms with Crippen molar-refractivity contribution in [1.29, 1.82) is 0 Å². The zero-order valence-corrected chi connectivity index (χ0v) is 12.8. The second kappa shape index (κ2) is 5.51. The first-order valence-corrected chi connectivity index (χ1v) is 6.96. The molecule has 0 radical (unpaired) electrons. The summed E-state index contributed by atoms with van der Waals surface area (Å²) >= 11 is 6.65. The maximum atomic E-state index is 13.7. The maximum Gasteiger partial charge on any atom is 0.129 e. The van der Waals surface area contributed by atoms with E-state index in [-0.39, 0.29) is 5.56 Å². The van der Waals surface area contributed by atoms with Crippen LogP contribution in [-0.2, 0) is 0 Å². The number of rotatable bonds is 2. The summed E-state index contributed by atoms with van der Waals surface area (Å²) < 4.78 is 15.4. The van der Waals surface area contributed by atoms with Crippen molar-refractivity contribution in [3.05, 3.63) is 67.9 Å². The van der Waals surface area contributed by atoms with E-state index in [1.807, 2.05) is 19.1 Å². The molecular formula is C14H11Br2FO. The van der Waals surface area contributed by atoms with Gasteiger partial charge in [-0.15, -0.1) is 0 Å². The predicted molar refractivity (Wildman–Crippen MR) is 77.0 cm³/mol. The highest BCUT2D eigenvalue weighted by molar-refractivity contribution is 9.10. The number of hydrogen-bond donors (Lipinski definition) is 1. The Bertz CT molecular complexity index is 584. The Hall–Kier alpha value is -0.710. The largest absolute Gasteiger partial charge is 0.384 e. The zero-order valence-electron chi connectivity index (χ0n) is 9.62. The fraction of sp³-hybridized carbons (Fsp3) is 0.143. The summed E-state index contributed by atoms with van der Waals surface area (Å²) in [6, 6.07) is 10.1. The first-order chi connectivity index (χ1) is 8.49. The van der Waals surface area contributed by atoms with E-state index in [0.717, 1.165) is 14.5 Å². The smallest absolute Gasteiger partial charge is 0.129 e. The van der Waals surface area contributed by atoms with Gasteiger partial charge >= 0.3 is 0 Å². The van der Waals surface area contributed by atoms with Crippen molar-refractivity contribution >= 4 is 31.9 Å². The van der Waals surface area contributed by atoms with Crippen LogP contribution in [-0.4, -0.2) is 5.11 Å². The average Bonchev–Trinajstić information content (AvgIpc) is 2.31. The summed E-state index contributed by atoms with van der Waals surface area (Å²) in [6.07, 6.45) is -0.962. The van der Waals surface area contributed by atoms with E-state index in [2.05, 4.69) is 31.9 Å². The van der Waals surface area contributed by atoms with Gasteiger partial charge in [0.25, 0.3) is 0 Å². The second-order valence-electron chi connectivity index (χ2n) is 4.07. The summed E-state index contributed by atoms with van der Waals surface area (Å²) in [5.41, 5.74) is 1.89. The van der Waals surface area contributed by atoms with Gasteiger partial charge in [0.15, 0.2) is 0 Å². The van der Waals surface area contributed by atoms with Crippen molar-refractivity contribution in [3.8, 4) is 0 Å². The molecule has 4 heteroatoms. The SMILES string of the molecule is Cc1cc(Br)ccc1C(O)c1cc(Br)ccc1F. The molecule has 1 atom stereocenters. The van der Waals surface area contributed by atoms with Gasteiger partial charge in [0.1, 0.15) is 11.9 Å². The van der Waals surface area contributed by atoms with E-state index in [0.29, 0.717) is 5.56 Å². The molecule has 2 aromatic carbocycles. The molecule has 2 aromatic rings. The standard InChI is InChI=1S/C14H11Br2FO/c1-8-6-9(15)2-4-11(8)14(18)12-7-10(16)3-5-13(12)17/h2-7,14,18H,1H3. The van der Waals surface area contributed by atoms with Crippen LogP contribution in [0.1, 0.15) is 22.8 Å². The van der Waals surface area contributed by atoms with Gasteiger partial charge in [-0.25, -0.2) is 4.39 Å². The van der Waals surface area contributed by atoms with Gasteiger partial charge in [-0.2, -0.15) is 0 Å². The number of aliphatic hydroxyl groups is 1. The highest BCUT2D eigenvalue weighted by Crippen LogP contribution is 2.30. The van der Waals surface area contributed by atoms with Gasteiger partial charge < -0.3 is 5.11 Å². The minimum atomic E-state index is -0.962. The van der Waals surface area contributed by atoms with Gasteiger partial charge in [0.2, 0.25) is 0 Å². The molecule has 2 rings (SSSR count). The van der Waals surface area contributed by atoms with Crippen LogP contribution in [0.3, 0.4) is 0 Å². The quantitative estimate of drug-likeness (QED) is 0.805. The Morgan fingerprint density at radius 2 is 1.61 bits per heavy atom. The molecule has 0 amide bonds. The number of aryl methyl sites for hydroxylation is 1. The van der Waals surface area contributed by atoms with Crippen molar-refractivity contribution in [1.82, 2.24) is 0 Å². The molecule has 0 aliphatic heterocycles. The van der Waals surface area contributed by atoms with E-state index < -0.39 is 11.9 Å². The third-order valence-electron chi connectivity index (χ3n) is 2.78. The Kier molecular flexibility index (Phi) is 4.20. The van der Waals surface area contributed by atoms with Crippen LogP contribution in [0.2, 0.25) is 0 Å². The third-order valence-corrected chi connectivity index (χ3v) is 3.77. The van der Waals surface area contributed by atoms with Gasteiger partial charge in [-0.3, -0.25) is 0 Å². The number of benzene rings is 2. The van der Waals surface area contributed by atoms with Gasteiger partial charge in [-0.1, -0.05) is 37.9 Å². The Labute approximate surface area is 122 Å². The van der Waals surface area contributed by atoms with Crippen LogP contribution in [0.5, 0.6) is 0 Å². The molecule has 0 saturated carbocycles. The monoisotopic (exact) mass is 372 g/mol. The summed E-state index contributed by atoms with van der Waals surface area (Å²) in [7, 11) is 0. The lowest BCUT2D eigenvalue weighted by molar-refractivity contribution is 0.214. The minimum absolute atomic E-state index is 0.273. The molecular weight excluding hydrogens is 363 g/mol. The van der Waals surface area contributed by atoms with Crippen LogP contribution in [0, 0.1) is 12.7 Å². The average molecular weight is 374 g/mol. The lowest BCUT2D eigenvalue weighted by Crippen LogP contribution is -2.04. The molecule has 0 spiro atoms. The normalized spacial score (nSPS) is 12.5. The minimum Gasteiger partial charge on any atom is -0.384 e. The van der Waals surface area contributed by atoms with Crippen molar-refractivity contribution in [2.24, 2.45) is 0 Å². The van der Waals surface area contributed by atoms with Gasteiger partial charge in [0, 0.05) is 14.5 Å². The highest BCUT2D eigenvalue weighted by atomic mass is 79.9. The van der Waals surface area contributed by atoms with E-state index in [4.69, 9.17) is 0 Å². The van der Waals surface area contributed by atoms with E-state index in [1.165, 1.54) is 6.07 Å². The van der Waals surface area contributed by atoms with E-state index in [1.54, 1.807) is 18.2 Å². The first-order valence-electron chi connectivity index (χ1n) is 5.38. The summed E-state index contributed by atoms with van der Waals surface area (Å²) in [5.74, 6) is -0.409. The molecule has 0 bridgehead atoms. The second-order valence-corrected chi connectivity index (χ2v) is 5.90. The third kappa shape index (κ3) is 2.82. The fourth-order valence-corrected chi connectivity index (χ4v) is 2.69. The van der Waals surface area contributed by atoms with Crippen LogP contribution in [0.15, 0.2) is 45.3 Å². The number of halogens is 3. The molecule has 1 nitrogen and oxygen atoms in total.